The largest absolute Gasteiger partial charge is 0.455 e. The fourth-order valence-electron chi connectivity index (χ4n) is 3.46. The Hall–Kier alpha value is -2.82. The van der Waals surface area contributed by atoms with E-state index in [1.807, 2.05) is 6.07 Å². The third kappa shape index (κ3) is 2.83. The second kappa shape index (κ2) is 6.48. The Morgan fingerprint density at radius 2 is 1.92 bits per heavy atom. The van der Waals surface area contributed by atoms with E-state index in [0.717, 1.165) is 36.9 Å². The minimum Gasteiger partial charge on any atom is -0.455 e. The number of halogens is 1. The molecule has 0 aliphatic carbocycles. The first-order valence-corrected chi connectivity index (χ1v) is 8.85. The lowest BCUT2D eigenvalue weighted by molar-refractivity contribution is 0.0829. The zero-order chi connectivity index (χ0) is 18.3. The van der Waals surface area contributed by atoms with Gasteiger partial charge in [-0.3, -0.25) is 4.79 Å². The number of nitrogens with zero attached hydrogens (tertiary/aromatic N) is 1. The monoisotopic (exact) mass is 352 g/mol. The third-order valence-corrected chi connectivity index (χ3v) is 4.83. The molecule has 2 heterocycles. The SMILES string of the molecule is CN(C)C(=O)c1c(-c2ccc(F)cc2)oc2cc3c(cc12)CCCCN3. The topological polar surface area (TPSA) is 45.5 Å². The highest BCUT2D eigenvalue weighted by molar-refractivity contribution is 6.11. The number of carbonyl (C=O) groups is 1. The van der Waals surface area contributed by atoms with Crippen LogP contribution in [0, 0.1) is 5.82 Å². The van der Waals surface area contributed by atoms with Gasteiger partial charge in [0.05, 0.1) is 5.56 Å². The molecule has 1 aliphatic rings. The Labute approximate surface area is 151 Å². The van der Waals surface area contributed by atoms with Crippen molar-refractivity contribution in [1.82, 2.24) is 4.90 Å². The molecule has 0 saturated heterocycles. The number of nitrogens with one attached hydrogen (secondary N) is 1. The van der Waals surface area contributed by atoms with E-state index in [1.165, 1.54) is 17.7 Å². The number of benzene rings is 2. The summed E-state index contributed by atoms with van der Waals surface area (Å²) >= 11 is 0. The summed E-state index contributed by atoms with van der Waals surface area (Å²) in [7, 11) is 3.45. The zero-order valence-corrected chi connectivity index (χ0v) is 14.9. The molecule has 3 aromatic rings. The summed E-state index contributed by atoms with van der Waals surface area (Å²) < 4.78 is 19.4. The van der Waals surface area contributed by atoms with Gasteiger partial charge >= 0.3 is 0 Å². The normalized spacial score (nSPS) is 13.8. The van der Waals surface area contributed by atoms with E-state index in [9.17, 15) is 9.18 Å². The number of hydrogen-bond donors (Lipinski definition) is 1. The van der Waals surface area contributed by atoms with E-state index in [1.54, 1.807) is 31.1 Å². The van der Waals surface area contributed by atoms with Crippen LogP contribution in [-0.2, 0) is 6.42 Å². The lowest BCUT2D eigenvalue weighted by Gasteiger charge is -2.11. The summed E-state index contributed by atoms with van der Waals surface area (Å²) in [4.78, 5) is 14.4. The van der Waals surface area contributed by atoms with Crippen LogP contribution in [0.1, 0.15) is 28.8 Å². The fraction of sp³-hybridized carbons (Fsp3) is 0.286. The predicted octanol–water partition coefficient (Wildman–Crippen LogP) is 4.69. The van der Waals surface area contributed by atoms with Gasteiger partial charge < -0.3 is 14.6 Å². The van der Waals surface area contributed by atoms with E-state index in [0.29, 0.717) is 22.5 Å². The average Bonchev–Trinajstić information content (AvgIpc) is 2.82. The molecule has 4 rings (SSSR count). The molecular formula is C21H21FN2O2. The Morgan fingerprint density at radius 3 is 2.65 bits per heavy atom. The van der Waals surface area contributed by atoms with Crippen LogP contribution in [0.25, 0.3) is 22.3 Å². The van der Waals surface area contributed by atoms with Gasteiger partial charge in [-0.2, -0.15) is 0 Å². The molecule has 0 unspecified atom stereocenters. The summed E-state index contributed by atoms with van der Waals surface area (Å²) in [5, 5.41) is 4.25. The number of aryl methyl sites for hydroxylation is 1. The molecule has 0 bridgehead atoms. The number of furan rings is 1. The molecule has 1 amide bonds. The minimum absolute atomic E-state index is 0.121. The molecular weight excluding hydrogens is 331 g/mol. The molecule has 5 heteroatoms. The maximum Gasteiger partial charge on any atom is 0.257 e. The van der Waals surface area contributed by atoms with Gasteiger partial charge in [-0.15, -0.1) is 0 Å². The summed E-state index contributed by atoms with van der Waals surface area (Å²) in [5.74, 6) is 0.0460. The van der Waals surface area contributed by atoms with Gasteiger partial charge in [-0.25, -0.2) is 4.39 Å². The number of carbonyl (C=O) groups excluding carboxylic acids is 1. The van der Waals surface area contributed by atoms with Gasteiger partial charge in [-0.1, -0.05) is 0 Å². The van der Waals surface area contributed by atoms with Crippen LogP contribution in [0.2, 0.25) is 0 Å². The second-order valence-corrected chi connectivity index (χ2v) is 6.90. The number of rotatable bonds is 2. The highest BCUT2D eigenvalue weighted by Gasteiger charge is 2.25. The maximum absolute atomic E-state index is 13.3. The first-order chi connectivity index (χ1) is 12.5. The van der Waals surface area contributed by atoms with Crippen molar-refractivity contribution in [3.05, 3.63) is 53.3 Å². The Kier molecular flexibility index (Phi) is 4.15. The number of amides is 1. The van der Waals surface area contributed by atoms with E-state index in [4.69, 9.17) is 4.42 Å². The van der Waals surface area contributed by atoms with Gasteiger partial charge in [0.1, 0.15) is 17.2 Å². The number of hydrogen-bond acceptors (Lipinski definition) is 3. The first-order valence-electron chi connectivity index (χ1n) is 8.85. The van der Waals surface area contributed by atoms with Gasteiger partial charge in [0, 0.05) is 43.3 Å². The zero-order valence-electron chi connectivity index (χ0n) is 14.9. The molecule has 0 atom stereocenters. The lowest BCUT2D eigenvalue weighted by atomic mass is 10.0. The van der Waals surface area contributed by atoms with Gasteiger partial charge in [0.2, 0.25) is 0 Å². The Bertz CT molecular complexity index is 974. The molecule has 0 fully saturated rings. The third-order valence-electron chi connectivity index (χ3n) is 4.83. The summed E-state index contributed by atoms with van der Waals surface area (Å²) in [6.45, 7) is 0.938. The van der Waals surface area contributed by atoms with Crippen LogP contribution in [0.15, 0.2) is 40.8 Å². The van der Waals surface area contributed by atoms with Crippen molar-refractivity contribution >= 4 is 22.6 Å². The Morgan fingerprint density at radius 1 is 1.15 bits per heavy atom. The highest BCUT2D eigenvalue weighted by Crippen LogP contribution is 2.38. The summed E-state index contributed by atoms with van der Waals surface area (Å²) in [5.41, 5.74) is 4.16. The molecule has 0 radical (unpaired) electrons. The quantitative estimate of drug-likeness (QED) is 0.728. The summed E-state index contributed by atoms with van der Waals surface area (Å²) in [6, 6.07) is 10.1. The summed E-state index contributed by atoms with van der Waals surface area (Å²) in [6.07, 6.45) is 3.22. The first kappa shape index (κ1) is 16.6. The molecule has 1 aliphatic heterocycles. The average molecular weight is 352 g/mol. The van der Waals surface area contributed by atoms with Crippen molar-refractivity contribution in [2.45, 2.75) is 19.3 Å². The van der Waals surface area contributed by atoms with Crippen LogP contribution < -0.4 is 5.32 Å². The van der Waals surface area contributed by atoms with Gasteiger partial charge in [0.15, 0.2) is 0 Å². The molecule has 26 heavy (non-hydrogen) atoms. The van der Waals surface area contributed by atoms with Gasteiger partial charge in [-0.05, 0) is 55.2 Å². The molecule has 1 N–H and O–H groups in total. The Balaban J connectivity index is 1.97. The van der Waals surface area contributed by atoms with Crippen molar-refractivity contribution in [3.63, 3.8) is 0 Å². The molecule has 0 spiro atoms. The second-order valence-electron chi connectivity index (χ2n) is 6.90. The molecule has 1 aromatic heterocycles. The predicted molar refractivity (Wildman–Crippen MR) is 101 cm³/mol. The van der Waals surface area contributed by atoms with E-state index >= 15 is 0 Å². The van der Waals surface area contributed by atoms with Crippen molar-refractivity contribution in [2.24, 2.45) is 0 Å². The maximum atomic E-state index is 13.3. The van der Waals surface area contributed by atoms with Gasteiger partial charge in [0.25, 0.3) is 5.91 Å². The van der Waals surface area contributed by atoms with Crippen molar-refractivity contribution < 1.29 is 13.6 Å². The van der Waals surface area contributed by atoms with Crippen LogP contribution in [0.3, 0.4) is 0 Å². The van der Waals surface area contributed by atoms with E-state index < -0.39 is 0 Å². The minimum atomic E-state index is -0.318. The van der Waals surface area contributed by atoms with Crippen LogP contribution in [-0.4, -0.2) is 31.4 Å². The number of anilines is 1. The smallest absolute Gasteiger partial charge is 0.257 e. The fourth-order valence-corrected chi connectivity index (χ4v) is 3.46. The standard InChI is InChI=1S/C21H21FN2O2/c1-24(2)21(25)19-16-11-14-5-3-4-10-23-17(14)12-18(16)26-20(19)13-6-8-15(22)9-7-13/h6-9,11-12,23H,3-5,10H2,1-2H3. The molecule has 2 aromatic carbocycles. The van der Waals surface area contributed by atoms with Crippen LogP contribution >= 0.6 is 0 Å². The van der Waals surface area contributed by atoms with E-state index in [-0.39, 0.29) is 11.7 Å². The van der Waals surface area contributed by atoms with Crippen molar-refractivity contribution in [1.29, 1.82) is 0 Å². The molecule has 4 nitrogen and oxygen atoms in total. The van der Waals surface area contributed by atoms with Crippen LogP contribution in [0.4, 0.5) is 10.1 Å². The highest BCUT2D eigenvalue weighted by atomic mass is 19.1. The van der Waals surface area contributed by atoms with Crippen molar-refractivity contribution in [3.8, 4) is 11.3 Å². The lowest BCUT2D eigenvalue weighted by Crippen LogP contribution is -2.22. The molecule has 134 valence electrons. The number of fused-ring (bicyclic) bond motifs is 2. The molecule has 0 saturated carbocycles. The van der Waals surface area contributed by atoms with Crippen LogP contribution in [0.5, 0.6) is 0 Å². The van der Waals surface area contributed by atoms with E-state index in [2.05, 4.69) is 11.4 Å². The van der Waals surface area contributed by atoms with Crippen molar-refractivity contribution in [2.75, 3.05) is 26.0 Å².